The van der Waals surface area contributed by atoms with Crippen molar-refractivity contribution in [3.05, 3.63) is 24.3 Å². The number of unbranched alkanes of at least 4 members (excludes halogenated alkanes) is 7. The molecule has 1 amide bonds. The van der Waals surface area contributed by atoms with Gasteiger partial charge in [-0.3, -0.25) is 9.35 Å². The Morgan fingerprint density at radius 2 is 1.50 bits per heavy atom. The number of hydrogen-bond acceptors (Lipinski definition) is 5. The van der Waals surface area contributed by atoms with Crippen molar-refractivity contribution >= 4 is 27.7 Å². The number of aliphatic carboxylic acids is 1. The van der Waals surface area contributed by atoms with E-state index in [-0.39, 0.29) is 11.7 Å². The molecule has 0 atom stereocenters. The Kier molecular flexibility index (Phi) is 11.2. The van der Waals surface area contributed by atoms with Gasteiger partial charge < -0.3 is 15.2 Å². The normalized spacial score (nSPS) is 11.2. The number of benzene rings is 1. The zero-order chi connectivity index (χ0) is 20.8. The number of ether oxygens (including phenoxy) is 1. The first kappa shape index (κ1) is 23.9. The molecule has 3 N–H and O–H groups in total. The van der Waals surface area contributed by atoms with Crippen LogP contribution in [0.2, 0.25) is 0 Å². The van der Waals surface area contributed by atoms with Gasteiger partial charge in [0.05, 0.1) is 11.4 Å². The summed E-state index contributed by atoms with van der Waals surface area (Å²) in [5, 5.41) is 11.4. The highest BCUT2D eigenvalue weighted by atomic mass is 32.2. The third-order valence-electron chi connectivity index (χ3n) is 4.07. The average Bonchev–Trinajstić information content (AvgIpc) is 2.61. The molecule has 0 spiro atoms. The van der Waals surface area contributed by atoms with Crippen LogP contribution in [0.3, 0.4) is 0 Å². The molecule has 8 nitrogen and oxygen atoms in total. The number of carboxylic acid groups (broad SMARTS) is 1. The van der Waals surface area contributed by atoms with E-state index in [1.54, 1.807) is 24.3 Å². The third kappa shape index (κ3) is 12.3. The molecule has 0 saturated carbocycles. The molecule has 0 bridgehead atoms. The van der Waals surface area contributed by atoms with Crippen LogP contribution < -0.4 is 10.1 Å². The summed E-state index contributed by atoms with van der Waals surface area (Å²) in [6.07, 6.45) is 7.30. The van der Waals surface area contributed by atoms with Gasteiger partial charge in [0.2, 0.25) is 5.91 Å². The summed E-state index contributed by atoms with van der Waals surface area (Å²) >= 11 is 0. The van der Waals surface area contributed by atoms with Crippen LogP contribution in [0.4, 0.5) is 5.69 Å². The standard InChI is InChI=1S/C19H29NO7S/c21-18(20-16-11-8-9-12-17(16)27-15-19(22)23)13-7-5-3-1-2-4-6-10-14-28(24,25)26/h8-9,11-12H,1-7,10,13-15H2,(H,20,21)(H,22,23)(H,24,25,26). The number of anilines is 1. The molecule has 9 heteroatoms. The molecule has 0 fully saturated rings. The maximum Gasteiger partial charge on any atom is 0.341 e. The van der Waals surface area contributed by atoms with Gasteiger partial charge >= 0.3 is 5.97 Å². The molecule has 0 aliphatic carbocycles. The van der Waals surface area contributed by atoms with Crippen molar-refractivity contribution in [3.63, 3.8) is 0 Å². The molecule has 1 rings (SSSR count). The highest BCUT2D eigenvalue weighted by Crippen LogP contribution is 2.24. The number of nitrogens with one attached hydrogen (secondary N) is 1. The topological polar surface area (TPSA) is 130 Å². The van der Waals surface area contributed by atoms with Gasteiger partial charge in [0.15, 0.2) is 6.61 Å². The largest absolute Gasteiger partial charge is 0.480 e. The Bertz CT molecular complexity index is 719. The Balaban J connectivity index is 2.12. The zero-order valence-electron chi connectivity index (χ0n) is 15.9. The van der Waals surface area contributed by atoms with E-state index in [9.17, 15) is 18.0 Å². The number of carbonyl (C=O) groups is 2. The van der Waals surface area contributed by atoms with Crippen LogP contribution >= 0.6 is 0 Å². The van der Waals surface area contributed by atoms with Crippen molar-refractivity contribution in [2.45, 2.75) is 57.8 Å². The van der Waals surface area contributed by atoms with E-state index in [4.69, 9.17) is 14.4 Å². The van der Waals surface area contributed by atoms with Gasteiger partial charge in [-0.05, 0) is 25.0 Å². The SMILES string of the molecule is O=C(O)COc1ccccc1NC(=O)CCCCCCCCCCS(=O)(=O)O. The molecule has 158 valence electrons. The van der Waals surface area contributed by atoms with Crippen LogP contribution in [0.25, 0.3) is 0 Å². The van der Waals surface area contributed by atoms with E-state index < -0.39 is 22.7 Å². The van der Waals surface area contributed by atoms with Gasteiger partial charge in [0.25, 0.3) is 10.1 Å². The fraction of sp³-hybridized carbons (Fsp3) is 0.579. The Hall–Kier alpha value is -2.13. The zero-order valence-corrected chi connectivity index (χ0v) is 16.7. The van der Waals surface area contributed by atoms with E-state index >= 15 is 0 Å². The second-order valence-electron chi connectivity index (χ2n) is 6.59. The molecule has 0 heterocycles. The summed E-state index contributed by atoms with van der Waals surface area (Å²) in [5.74, 6) is -1.07. The van der Waals surface area contributed by atoms with E-state index in [2.05, 4.69) is 5.32 Å². The van der Waals surface area contributed by atoms with Crippen molar-refractivity contribution in [3.8, 4) is 5.75 Å². The fourth-order valence-electron chi connectivity index (χ4n) is 2.68. The van der Waals surface area contributed by atoms with Gasteiger partial charge in [0.1, 0.15) is 5.75 Å². The number of amides is 1. The molecule has 1 aromatic rings. The minimum absolute atomic E-state index is 0.142. The summed E-state index contributed by atoms with van der Waals surface area (Å²) in [6, 6.07) is 6.71. The molecule has 0 aliphatic heterocycles. The summed E-state index contributed by atoms with van der Waals surface area (Å²) in [5.41, 5.74) is 0.457. The first-order valence-electron chi connectivity index (χ1n) is 9.46. The van der Waals surface area contributed by atoms with E-state index in [0.29, 0.717) is 24.3 Å². The van der Waals surface area contributed by atoms with Crippen LogP contribution in [0.5, 0.6) is 5.75 Å². The highest BCUT2D eigenvalue weighted by molar-refractivity contribution is 7.85. The average molecular weight is 416 g/mol. The summed E-state index contributed by atoms with van der Waals surface area (Å²) < 4.78 is 34.9. The molecule has 0 radical (unpaired) electrons. The van der Waals surface area contributed by atoms with E-state index in [1.807, 2.05) is 0 Å². The van der Waals surface area contributed by atoms with E-state index in [0.717, 1.165) is 44.9 Å². The van der Waals surface area contributed by atoms with Crippen molar-refractivity contribution < 1.29 is 32.4 Å². The lowest BCUT2D eigenvalue weighted by Crippen LogP contribution is -2.14. The van der Waals surface area contributed by atoms with E-state index in [1.165, 1.54) is 0 Å². The molecular weight excluding hydrogens is 386 g/mol. The van der Waals surface area contributed by atoms with Crippen molar-refractivity contribution in [1.29, 1.82) is 0 Å². The molecule has 0 unspecified atom stereocenters. The Labute approximate surface area is 166 Å². The summed E-state index contributed by atoms with van der Waals surface area (Å²) in [6.45, 7) is -0.470. The Morgan fingerprint density at radius 3 is 2.11 bits per heavy atom. The lowest BCUT2D eigenvalue weighted by atomic mass is 10.1. The number of para-hydroxylation sites is 2. The minimum atomic E-state index is -3.84. The van der Waals surface area contributed by atoms with Crippen LogP contribution in [0.1, 0.15) is 57.8 Å². The quantitative estimate of drug-likeness (QED) is 0.295. The molecule has 0 aliphatic rings. The number of rotatable bonds is 15. The summed E-state index contributed by atoms with van der Waals surface area (Å²) in [4.78, 5) is 22.6. The number of hydrogen-bond donors (Lipinski definition) is 3. The van der Waals surface area contributed by atoms with Gasteiger partial charge in [-0.2, -0.15) is 8.42 Å². The Morgan fingerprint density at radius 1 is 0.929 bits per heavy atom. The monoisotopic (exact) mass is 415 g/mol. The van der Waals surface area contributed by atoms with Crippen molar-refractivity contribution in [2.75, 3.05) is 17.7 Å². The predicted molar refractivity (Wildman–Crippen MR) is 106 cm³/mol. The second kappa shape index (κ2) is 13.1. The summed E-state index contributed by atoms with van der Waals surface area (Å²) in [7, 11) is -3.84. The van der Waals surface area contributed by atoms with Crippen molar-refractivity contribution in [1.82, 2.24) is 0 Å². The smallest absolute Gasteiger partial charge is 0.341 e. The van der Waals surface area contributed by atoms with Crippen molar-refractivity contribution in [2.24, 2.45) is 0 Å². The molecule has 0 saturated heterocycles. The van der Waals surface area contributed by atoms with Crippen LogP contribution in [-0.4, -0.2) is 42.3 Å². The molecule has 0 aromatic heterocycles. The van der Waals surface area contributed by atoms with Crippen LogP contribution in [0, 0.1) is 0 Å². The maximum atomic E-state index is 12.0. The molecule has 28 heavy (non-hydrogen) atoms. The second-order valence-corrected chi connectivity index (χ2v) is 8.16. The van der Waals surface area contributed by atoms with Gasteiger partial charge in [-0.15, -0.1) is 0 Å². The van der Waals surface area contributed by atoms with Gasteiger partial charge in [-0.1, -0.05) is 50.7 Å². The first-order chi connectivity index (χ1) is 13.3. The lowest BCUT2D eigenvalue weighted by molar-refractivity contribution is -0.139. The first-order valence-corrected chi connectivity index (χ1v) is 11.1. The third-order valence-corrected chi connectivity index (χ3v) is 4.87. The predicted octanol–water partition coefficient (Wildman–Crippen LogP) is 3.49. The maximum absolute atomic E-state index is 12.0. The highest BCUT2D eigenvalue weighted by Gasteiger charge is 2.09. The van der Waals surface area contributed by atoms with Crippen LogP contribution in [0.15, 0.2) is 24.3 Å². The minimum Gasteiger partial charge on any atom is -0.480 e. The fourth-order valence-corrected chi connectivity index (χ4v) is 3.25. The number of carboxylic acids is 1. The van der Waals surface area contributed by atoms with Gasteiger partial charge in [-0.25, -0.2) is 4.79 Å². The van der Waals surface area contributed by atoms with Gasteiger partial charge in [0, 0.05) is 6.42 Å². The van der Waals surface area contributed by atoms with Crippen LogP contribution in [-0.2, 0) is 19.7 Å². The number of carbonyl (C=O) groups excluding carboxylic acids is 1. The molecular formula is C19H29NO7S. The molecule has 1 aromatic carbocycles. The lowest BCUT2D eigenvalue weighted by Gasteiger charge is -2.11.